The SMILES string of the molecule is C=C(C)C(=C)/C=C(/OC)C(=C)OC. The number of rotatable bonds is 5. The Morgan fingerprint density at radius 2 is 1.62 bits per heavy atom. The van der Waals surface area contributed by atoms with Crippen LogP contribution >= 0.6 is 0 Å². The fourth-order valence-corrected chi connectivity index (χ4v) is 0.635. The van der Waals surface area contributed by atoms with Gasteiger partial charge in [-0.05, 0) is 18.6 Å². The molecule has 0 bridgehead atoms. The van der Waals surface area contributed by atoms with Gasteiger partial charge in [-0.25, -0.2) is 0 Å². The van der Waals surface area contributed by atoms with Crippen molar-refractivity contribution < 1.29 is 9.47 Å². The fourth-order valence-electron chi connectivity index (χ4n) is 0.635. The van der Waals surface area contributed by atoms with E-state index in [9.17, 15) is 0 Å². The van der Waals surface area contributed by atoms with Gasteiger partial charge in [0, 0.05) is 0 Å². The molecule has 0 N–H and O–H groups in total. The third-order valence-corrected chi connectivity index (χ3v) is 1.59. The zero-order chi connectivity index (χ0) is 10.4. The summed E-state index contributed by atoms with van der Waals surface area (Å²) in [6.45, 7) is 13.1. The highest BCUT2D eigenvalue weighted by atomic mass is 16.5. The minimum Gasteiger partial charge on any atom is -0.493 e. The summed E-state index contributed by atoms with van der Waals surface area (Å²) in [6, 6.07) is 0. The van der Waals surface area contributed by atoms with Crippen LogP contribution in [-0.4, -0.2) is 14.2 Å². The first-order valence-corrected chi connectivity index (χ1v) is 3.86. The van der Waals surface area contributed by atoms with Crippen molar-refractivity contribution in [3.05, 3.63) is 48.5 Å². The van der Waals surface area contributed by atoms with Crippen LogP contribution in [0.25, 0.3) is 0 Å². The first-order chi connectivity index (χ1) is 6.02. The summed E-state index contributed by atoms with van der Waals surface area (Å²) in [5, 5.41) is 0. The summed E-state index contributed by atoms with van der Waals surface area (Å²) in [7, 11) is 3.10. The van der Waals surface area contributed by atoms with Gasteiger partial charge in [-0.15, -0.1) is 0 Å². The first-order valence-electron chi connectivity index (χ1n) is 3.86. The molecule has 0 aromatic carbocycles. The Bertz CT molecular complexity index is 259. The van der Waals surface area contributed by atoms with Gasteiger partial charge in [-0.1, -0.05) is 25.3 Å². The molecule has 0 radical (unpaired) electrons. The number of hydrogen-bond donors (Lipinski definition) is 0. The molecule has 0 aromatic rings. The average molecular weight is 180 g/mol. The number of hydrogen-bond acceptors (Lipinski definition) is 2. The predicted octanol–water partition coefficient (Wildman–Crippen LogP) is 2.81. The molecule has 0 saturated heterocycles. The van der Waals surface area contributed by atoms with E-state index < -0.39 is 0 Å². The highest BCUT2D eigenvalue weighted by Gasteiger charge is 2.02. The predicted molar refractivity (Wildman–Crippen MR) is 55.2 cm³/mol. The molecule has 0 amide bonds. The van der Waals surface area contributed by atoms with Gasteiger partial charge in [0.25, 0.3) is 0 Å². The summed E-state index contributed by atoms with van der Waals surface area (Å²) in [5.74, 6) is 1.04. The van der Waals surface area contributed by atoms with Crippen molar-refractivity contribution in [2.75, 3.05) is 14.2 Å². The summed E-state index contributed by atoms with van der Waals surface area (Å²) in [4.78, 5) is 0. The van der Waals surface area contributed by atoms with Gasteiger partial charge in [0.15, 0.2) is 11.5 Å². The van der Waals surface area contributed by atoms with Crippen LogP contribution < -0.4 is 0 Å². The van der Waals surface area contributed by atoms with E-state index in [1.165, 1.54) is 0 Å². The third-order valence-electron chi connectivity index (χ3n) is 1.59. The molecule has 2 heteroatoms. The highest BCUT2D eigenvalue weighted by molar-refractivity contribution is 5.38. The first kappa shape index (κ1) is 11.6. The normalized spacial score (nSPS) is 10.5. The Balaban J connectivity index is 4.66. The second-order valence-corrected chi connectivity index (χ2v) is 2.65. The van der Waals surface area contributed by atoms with Crippen molar-refractivity contribution in [2.45, 2.75) is 6.92 Å². The number of ether oxygens (including phenoxy) is 2. The molecule has 0 rings (SSSR count). The molecule has 0 spiro atoms. The van der Waals surface area contributed by atoms with Crippen LogP contribution in [0.15, 0.2) is 48.5 Å². The number of methoxy groups -OCH3 is 2. The fraction of sp³-hybridized carbons (Fsp3) is 0.273. The van der Waals surface area contributed by atoms with Crippen LogP contribution in [0.3, 0.4) is 0 Å². The Morgan fingerprint density at radius 3 is 1.92 bits per heavy atom. The lowest BCUT2D eigenvalue weighted by molar-refractivity contribution is 0.221. The monoisotopic (exact) mass is 180 g/mol. The van der Waals surface area contributed by atoms with Gasteiger partial charge in [0.1, 0.15) is 0 Å². The molecule has 13 heavy (non-hydrogen) atoms. The molecule has 0 unspecified atom stereocenters. The maximum absolute atomic E-state index is 5.06. The summed E-state index contributed by atoms with van der Waals surface area (Å²) in [5.41, 5.74) is 1.69. The van der Waals surface area contributed by atoms with Crippen molar-refractivity contribution in [2.24, 2.45) is 0 Å². The van der Waals surface area contributed by atoms with Crippen LogP contribution in [0, 0.1) is 0 Å². The van der Waals surface area contributed by atoms with Gasteiger partial charge in [-0.2, -0.15) is 0 Å². The van der Waals surface area contributed by atoms with E-state index >= 15 is 0 Å². The van der Waals surface area contributed by atoms with Crippen molar-refractivity contribution in [3.8, 4) is 0 Å². The smallest absolute Gasteiger partial charge is 0.160 e. The second-order valence-electron chi connectivity index (χ2n) is 2.65. The average Bonchev–Trinajstić information content (AvgIpc) is 2.12. The zero-order valence-corrected chi connectivity index (χ0v) is 8.52. The molecule has 0 aromatic heterocycles. The Labute approximate surface area is 79.9 Å². The standard InChI is InChI=1S/C11H16O2/c1-8(2)9(3)7-11(13-6)10(4)12-5/h7H,1,3-4H2,2,5-6H3/b11-7+. The maximum atomic E-state index is 5.06. The van der Waals surface area contributed by atoms with Crippen molar-refractivity contribution >= 4 is 0 Å². The lowest BCUT2D eigenvalue weighted by Gasteiger charge is -2.08. The quantitative estimate of drug-likeness (QED) is 0.478. The molecule has 0 aliphatic heterocycles. The van der Waals surface area contributed by atoms with Gasteiger partial charge < -0.3 is 9.47 Å². The second kappa shape index (κ2) is 5.25. The van der Waals surface area contributed by atoms with E-state index in [0.29, 0.717) is 11.5 Å². The van der Waals surface area contributed by atoms with Gasteiger partial charge in [-0.3, -0.25) is 0 Å². The largest absolute Gasteiger partial charge is 0.493 e. The van der Waals surface area contributed by atoms with Crippen LogP contribution in [0.1, 0.15) is 6.92 Å². The van der Waals surface area contributed by atoms with E-state index in [2.05, 4.69) is 19.7 Å². The molecule has 0 fully saturated rings. The minimum atomic E-state index is 0.477. The van der Waals surface area contributed by atoms with Crippen molar-refractivity contribution in [1.82, 2.24) is 0 Å². The molecule has 0 saturated carbocycles. The molecule has 0 aliphatic rings. The highest BCUT2D eigenvalue weighted by Crippen LogP contribution is 2.14. The van der Waals surface area contributed by atoms with E-state index in [4.69, 9.17) is 9.47 Å². The molecule has 0 aliphatic carbocycles. The Morgan fingerprint density at radius 1 is 1.08 bits per heavy atom. The van der Waals surface area contributed by atoms with Crippen LogP contribution in [0.4, 0.5) is 0 Å². The molecule has 2 nitrogen and oxygen atoms in total. The Kier molecular flexibility index (Phi) is 4.67. The van der Waals surface area contributed by atoms with Gasteiger partial charge in [0.05, 0.1) is 14.2 Å². The van der Waals surface area contributed by atoms with Crippen molar-refractivity contribution in [1.29, 1.82) is 0 Å². The molecular weight excluding hydrogens is 164 g/mol. The van der Waals surface area contributed by atoms with E-state index in [-0.39, 0.29) is 0 Å². The third kappa shape index (κ3) is 3.65. The summed E-state index contributed by atoms with van der Waals surface area (Å²) < 4.78 is 9.98. The summed E-state index contributed by atoms with van der Waals surface area (Å²) in [6.07, 6.45) is 1.74. The maximum Gasteiger partial charge on any atom is 0.160 e. The van der Waals surface area contributed by atoms with Gasteiger partial charge in [0.2, 0.25) is 0 Å². The molecular formula is C11H16O2. The van der Waals surface area contributed by atoms with Crippen molar-refractivity contribution in [3.63, 3.8) is 0 Å². The van der Waals surface area contributed by atoms with Gasteiger partial charge >= 0.3 is 0 Å². The lowest BCUT2D eigenvalue weighted by Crippen LogP contribution is -1.94. The minimum absolute atomic E-state index is 0.477. The van der Waals surface area contributed by atoms with Crippen LogP contribution in [0.2, 0.25) is 0 Å². The van der Waals surface area contributed by atoms with E-state index in [1.807, 2.05) is 6.92 Å². The number of allylic oxidation sites excluding steroid dienone is 3. The molecule has 72 valence electrons. The Hall–Kier alpha value is -1.44. The molecule has 0 heterocycles. The van der Waals surface area contributed by atoms with Crippen LogP contribution in [0.5, 0.6) is 0 Å². The molecule has 0 atom stereocenters. The topological polar surface area (TPSA) is 18.5 Å². The van der Waals surface area contributed by atoms with Crippen LogP contribution in [-0.2, 0) is 9.47 Å². The summed E-state index contributed by atoms with van der Waals surface area (Å²) >= 11 is 0. The lowest BCUT2D eigenvalue weighted by atomic mass is 10.1. The van der Waals surface area contributed by atoms with E-state index in [1.54, 1.807) is 20.3 Å². The zero-order valence-electron chi connectivity index (χ0n) is 8.52. The van der Waals surface area contributed by atoms with E-state index in [0.717, 1.165) is 11.1 Å².